The molecule has 1 unspecified atom stereocenters. The number of aryl methyl sites for hydroxylation is 1. The highest BCUT2D eigenvalue weighted by atomic mass is 16.5. The lowest BCUT2D eigenvalue weighted by molar-refractivity contribution is -0.140. The Hall–Kier alpha value is -4.84. The number of carbonyl (C=O) groups is 2. The van der Waals surface area contributed by atoms with E-state index in [0.29, 0.717) is 23.7 Å². The number of carbonyl (C=O) groups excluding carboxylic acids is 2. The summed E-state index contributed by atoms with van der Waals surface area (Å²) in [7, 11) is 1.59. The van der Waals surface area contributed by atoms with Crippen molar-refractivity contribution in [1.29, 1.82) is 0 Å². The van der Waals surface area contributed by atoms with Crippen LogP contribution >= 0.6 is 0 Å². The van der Waals surface area contributed by atoms with Gasteiger partial charge in [-0.2, -0.15) is 0 Å². The van der Waals surface area contributed by atoms with E-state index in [2.05, 4.69) is 20.8 Å². The number of aliphatic hydroxyl groups excluding tert-OH is 1. The summed E-state index contributed by atoms with van der Waals surface area (Å²) in [6.45, 7) is 8.87. The Morgan fingerprint density at radius 3 is 2.21 bits per heavy atom. The zero-order valence-electron chi connectivity index (χ0n) is 25.3. The Bertz CT molecular complexity index is 1670. The molecule has 1 atom stereocenters. The average molecular weight is 576 g/mol. The van der Waals surface area contributed by atoms with Crippen LogP contribution in [0.4, 0.5) is 0 Å². The lowest BCUT2D eigenvalue weighted by Crippen LogP contribution is -2.29. The zero-order valence-corrected chi connectivity index (χ0v) is 25.3. The van der Waals surface area contributed by atoms with Gasteiger partial charge in [0.1, 0.15) is 23.9 Å². The number of ether oxygens (including phenoxy) is 2. The lowest BCUT2D eigenvalue weighted by atomic mass is 9.85. The number of aliphatic hydroxyl groups is 1. The van der Waals surface area contributed by atoms with Crippen molar-refractivity contribution < 1.29 is 24.2 Å². The van der Waals surface area contributed by atoms with Gasteiger partial charge in [0, 0.05) is 12.1 Å². The number of benzene rings is 4. The van der Waals surface area contributed by atoms with E-state index in [1.54, 1.807) is 25.3 Å². The molecule has 43 heavy (non-hydrogen) atoms. The first-order valence-electron chi connectivity index (χ1n) is 14.4. The van der Waals surface area contributed by atoms with Gasteiger partial charge in [-0.25, -0.2) is 0 Å². The molecule has 0 aliphatic carbocycles. The summed E-state index contributed by atoms with van der Waals surface area (Å²) in [5, 5.41) is 11.6. The molecule has 1 saturated heterocycles. The largest absolute Gasteiger partial charge is 0.507 e. The van der Waals surface area contributed by atoms with Gasteiger partial charge >= 0.3 is 0 Å². The highest BCUT2D eigenvalue weighted by molar-refractivity contribution is 6.46. The van der Waals surface area contributed by atoms with Gasteiger partial charge in [0.15, 0.2) is 0 Å². The number of rotatable bonds is 8. The van der Waals surface area contributed by atoms with E-state index in [-0.39, 0.29) is 23.3 Å². The second-order valence-electron chi connectivity index (χ2n) is 11.9. The Morgan fingerprint density at radius 1 is 0.860 bits per heavy atom. The molecule has 0 spiro atoms. The van der Waals surface area contributed by atoms with Crippen molar-refractivity contribution in [2.24, 2.45) is 0 Å². The van der Waals surface area contributed by atoms with E-state index in [9.17, 15) is 14.7 Å². The molecule has 6 nitrogen and oxygen atoms in total. The van der Waals surface area contributed by atoms with Crippen molar-refractivity contribution in [2.75, 3.05) is 7.11 Å². The Kier molecular flexibility index (Phi) is 8.40. The van der Waals surface area contributed by atoms with Crippen LogP contribution in [0.5, 0.6) is 11.5 Å². The first kappa shape index (κ1) is 29.6. The third-order valence-electron chi connectivity index (χ3n) is 7.81. The molecule has 4 aromatic carbocycles. The zero-order chi connectivity index (χ0) is 30.7. The van der Waals surface area contributed by atoms with Gasteiger partial charge < -0.3 is 19.5 Å². The fourth-order valence-electron chi connectivity index (χ4n) is 5.37. The molecule has 1 aliphatic heterocycles. The summed E-state index contributed by atoms with van der Waals surface area (Å²) >= 11 is 0. The second kappa shape index (κ2) is 12.2. The van der Waals surface area contributed by atoms with E-state index in [4.69, 9.17) is 9.47 Å². The maximum absolute atomic E-state index is 13.6. The summed E-state index contributed by atoms with van der Waals surface area (Å²) in [6.07, 6.45) is 0. The number of nitrogens with zero attached hydrogens (tertiary/aromatic N) is 1. The third-order valence-corrected chi connectivity index (χ3v) is 7.81. The smallest absolute Gasteiger partial charge is 0.295 e. The summed E-state index contributed by atoms with van der Waals surface area (Å²) in [5.41, 5.74) is 4.98. The van der Waals surface area contributed by atoms with Crippen LogP contribution in [0, 0.1) is 6.92 Å². The Balaban J connectivity index is 1.54. The van der Waals surface area contributed by atoms with Gasteiger partial charge in [-0.1, -0.05) is 87.5 Å². The van der Waals surface area contributed by atoms with Crippen molar-refractivity contribution in [3.8, 4) is 11.5 Å². The normalized spacial score (nSPS) is 16.4. The lowest BCUT2D eigenvalue weighted by Gasteiger charge is -2.27. The standard InChI is InChI=1S/C37H37NO5/c1-24-20-28(16-19-31(24)43-23-25-10-7-6-8-11-25)34(39)32-33(27-14-17-29(18-15-27)37(2,3)4)38(36(41)35(32)40)22-26-12-9-13-30(21-26)42-5/h6-21,33,39H,22-23H2,1-5H3/b34-32-. The molecule has 0 saturated carbocycles. The minimum Gasteiger partial charge on any atom is -0.507 e. The molecule has 0 aromatic heterocycles. The molecule has 220 valence electrons. The molecule has 5 rings (SSSR count). The molecule has 1 N–H and O–H groups in total. The van der Waals surface area contributed by atoms with Crippen LogP contribution < -0.4 is 9.47 Å². The highest BCUT2D eigenvalue weighted by Gasteiger charge is 2.46. The van der Waals surface area contributed by atoms with E-state index < -0.39 is 17.7 Å². The summed E-state index contributed by atoms with van der Waals surface area (Å²) in [5.74, 6) is -0.256. The molecule has 1 aliphatic rings. The van der Waals surface area contributed by atoms with Crippen LogP contribution in [0.1, 0.15) is 60.2 Å². The number of Topliss-reactive ketones (excluding diaryl/α,β-unsaturated/α-hetero) is 1. The summed E-state index contributed by atoms with van der Waals surface area (Å²) in [6, 6.07) is 29.7. The third kappa shape index (κ3) is 6.33. The Labute approximate surface area is 253 Å². The van der Waals surface area contributed by atoms with Crippen molar-refractivity contribution >= 4 is 17.4 Å². The van der Waals surface area contributed by atoms with Crippen LogP contribution in [0.15, 0.2) is 103 Å². The van der Waals surface area contributed by atoms with Crippen molar-refractivity contribution in [3.63, 3.8) is 0 Å². The van der Waals surface area contributed by atoms with E-state index >= 15 is 0 Å². The van der Waals surface area contributed by atoms with Crippen LogP contribution in [-0.2, 0) is 28.2 Å². The van der Waals surface area contributed by atoms with Gasteiger partial charge in [-0.15, -0.1) is 0 Å². The Morgan fingerprint density at radius 2 is 1.56 bits per heavy atom. The van der Waals surface area contributed by atoms with E-state index in [0.717, 1.165) is 27.8 Å². The maximum Gasteiger partial charge on any atom is 0.295 e. The minimum atomic E-state index is -0.769. The van der Waals surface area contributed by atoms with Crippen molar-refractivity contribution in [3.05, 3.63) is 136 Å². The summed E-state index contributed by atoms with van der Waals surface area (Å²) < 4.78 is 11.4. The number of ketones is 1. The van der Waals surface area contributed by atoms with Gasteiger partial charge in [-0.05, 0) is 70.5 Å². The first-order chi connectivity index (χ1) is 20.6. The maximum atomic E-state index is 13.6. The van der Waals surface area contributed by atoms with E-state index in [1.807, 2.05) is 85.8 Å². The number of methoxy groups -OCH3 is 1. The molecular formula is C37H37NO5. The van der Waals surface area contributed by atoms with Gasteiger partial charge in [0.2, 0.25) is 0 Å². The van der Waals surface area contributed by atoms with E-state index in [1.165, 1.54) is 4.90 Å². The molecule has 0 radical (unpaired) electrons. The average Bonchev–Trinajstić information content (AvgIpc) is 3.25. The number of likely N-dealkylation sites (tertiary alicyclic amines) is 1. The molecule has 6 heteroatoms. The molecule has 1 heterocycles. The van der Waals surface area contributed by atoms with Crippen molar-refractivity contribution in [2.45, 2.75) is 52.3 Å². The highest BCUT2D eigenvalue weighted by Crippen LogP contribution is 2.41. The SMILES string of the molecule is COc1cccc(CN2C(=O)C(=O)/C(=C(\O)c3ccc(OCc4ccccc4)c(C)c3)C2c2ccc(C(C)(C)C)cc2)c1. The number of hydrogen-bond acceptors (Lipinski definition) is 5. The first-order valence-corrected chi connectivity index (χ1v) is 14.4. The number of hydrogen-bond donors (Lipinski definition) is 1. The monoisotopic (exact) mass is 575 g/mol. The molecular weight excluding hydrogens is 538 g/mol. The topological polar surface area (TPSA) is 76.1 Å². The fraction of sp³-hybridized carbons (Fsp3) is 0.243. The molecule has 0 bridgehead atoms. The predicted octanol–water partition coefficient (Wildman–Crippen LogP) is 7.50. The van der Waals surface area contributed by atoms with Crippen LogP contribution in [0.2, 0.25) is 0 Å². The van der Waals surface area contributed by atoms with Crippen molar-refractivity contribution in [1.82, 2.24) is 4.90 Å². The molecule has 1 amide bonds. The number of amides is 1. The second-order valence-corrected chi connectivity index (χ2v) is 11.9. The van der Waals surface area contributed by atoms with Gasteiger partial charge in [0.25, 0.3) is 11.7 Å². The quantitative estimate of drug-likeness (QED) is 0.134. The summed E-state index contributed by atoms with van der Waals surface area (Å²) in [4.78, 5) is 28.7. The van der Waals surface area contributed by atoms with Crippen LogP contribution in [-0.4, -0.2) is 28.8 Å². The van der Waals surface area contributed by atoms with Crippen LogP contribution in [0.25, 0.3) is 5.76 Å². The molecule has 1 fully saturated rings. The fourth-order valence-corrected chi connectivity index (χ4v) is 5.37. The van der Waals surface area contributed by atoms with Gasteiger partial charge in [-0.3, -0.25) is 9.59 Å². The minimum absolute atomic E-state index is 0.0637. The predicted molar refractivity (Wildman–Crippen MR) is 168 cm³/mol. The van der Waals surface area contributed by atoms with Gasteiger partial charge in [0.05, 0.1) is 18.7 Å². The molecule has 4 aromatic rings. The van der Waals surface area contributed by atoms with Crippen LogP contribution in [0.3, 0.4) is 0 Å².